The van der Waals surface area contributed by atoms with Gasteiger partial charge in [-0.2, -0.15) is 0 Å². The molecule has 4 heteroatoms. The summed E-state index contributed by atoms with van der Waals surface area (Å²) in [6.45, 7) is 4.29. The van der Waals surface area contributed by atoms with E-state index in [1.165, 1.54) is 5.56 Å². The molecule has 0 aromatic heterocycles. The summed E-state index contributed by atoms with van der Waals surface area (Å²) < 4.78 is 0. The first-order valence-electron chi connectivity index (χ1n) is 6.30. The van der Waals surface area contributed by atoms with Gasteiger partial charge >= 0.3 is 0 Å². The van der Waals surface area contributed by atoms with Crippen LogP contribution in [0.3, 0.4) is 0 Å². The summed E-state index contributed by atoms with van der Waals surface area (Å²) in [5.41, 5.74) is 7.62. The second-order valence-electron chi connectivity index (χ2n) is 4.74. The number of nitrogens with zero attached hydrogens (tertiary/aromatic N) is 2. The van der Waals surface area contributed by atoms with Crippen molar-refractivity contribution in [1.82, 2.24) is 9.80 Å². The smallest absolute Gasteiger partial charge is 0.236 e. The highest BCUT2D eigenvalue weighted by Gasteiger charge is 2.11. The Bertz CT molecular complexity index is 373. The molecule has 1 aromatic rings. The number of nitrogen functional groups attached to an aromatic ring is 1. The van der Waals surface area contributed by atoms with Gasteiger partial charge in [0, 0.05) is 26.3 Å². The third-order valence-corrected chi connectivity index (χ3v) is 2.78. The number of rotatable bonds is 6. The van der Waals surface area contributed by atoms with E-state index in [2.05, 4.69) is 11.8 Å². The predicted molar refractivity (Wildman–Crippen MR) is 75.1 cm³/mol. The van der Waals surface area contributed by atoms with Crippen LogP contribution in [0.4, 0.5) is 5.69 Å². The normalized spacial score (nSPS) is 10.7. The largest absolute Gasteiger partial charge is 0.399 e. The topological polar surface area (TPSA) is 49.6 Å². The van der Waals surface area contributed by atoms with Gasteiger partial charge in [-0.3, -0.25) is 9.69 Å². The number of carbonyl (C=O) groups is 1. The first kappa shape index (κ1) is 14.5. The van der Waals surface area contributed by atoms with Crippen LogP contribution in [-0.2, 0) is 11.3 Å². The Morgan fingerprint density at radius 1 is 1.22 bits per heavy atom. The Kier molecular flexibility index (Phi) is 5.65. The second-order valence-corrected chi connectivity index (χ2v) is 4.74. The molecule has 0 fully saturated rings. The molecule has 1 rings (SSSR count). The molecule has 0 radical (unpaired) electrons. The molecule has 0 aliphatic rings. The van der Waals surface area contributed by atoms with E-state index in [-0.39, 0.29) is 5.91 Å². The molecular weight excluding hydrogens is 226 g/mol. The van der Waals surface area contributed by atoms with Crippen LogP contribution in [0.5, 0.6) is 0 Å². The lowest BCUT2D eigenvalue weighted by Crippen LogP contribution is -2.36. The standard InChI is InChI=1S/C14H23N3O/c1-4-9-17(11-14(18)16(2)3)10-12-5-7-13(15)8-6-12/h5-8H,4,9-11,15H2,1-3H3. The first-order valence-corrected chi connectivity index (χ1v) is 6.30. The Morgan fingerprint density at radius 2 is 1.83 bits per heavy atom. The number of amides is 1. The van der Waals surface area contributed by atoms with Crippen LogP contribution in [0.25, 0.3) is 0 Å². The second kappa shape index (κ2) is 7.01. The van der Waals surface area contributed by atoms with E-state index in [1.807, 2.05) is 24.3 Å². The van der Waals surface area contributed by atoms with Gasteiger partial charge in [-0.05, 0) is 30.7 Å². The number of benzene rings is 1. The van der Waals surface area contributed by atoms with Crippen molar-refractivity contribution in [1.29, 1.82) is 0 Å². The highest BCUT2D eigenvalue weighted by Crippen LogP contribution is 2.09. The van der Waals surface area contributed by atoms with Gasteiger partial charge in [-0.1, -0.05) is 19.1 Å². The highest BCUT2D eigenvalue weighted by atomic mass is 16.2. The molecule has 2 N–H and O–H groups in total. The summed E-state index contributed by atoms with van der Waals surface area (Å²) in [5.74, 6) is 0.138. The van der Waals surface area contributed by atoms with Gasteiger partial charge in [0.15, 0.2) is 0 Å². The Hall–Kier alpha value is -1.55. The van der Waals surface area contributed by atoms with E-state index in [0.29, 0.717) is 6.54 Å². The van der Waals surface area contributed by atoms with Crippen LogP contribution in [0.15, 0.2) is 24.3 Å². The predicted octanol–water partition coefficient (Wildman–Crippen LogP) is 1.57. The van der Waals surface area contributed by atoms with Crippen molar-refractivity contribution >= 4 is 11.6 Å². The monoisotopic (exact) mass is 249 g/mol. The molecule has 100 valence electrons. The summed E-state index contributed by atoms with van der Waals surface area (Å²) in [7, 11) is 3.57. The summed E-state index contributed by atoms with van der Waals surface area (Å²) in [6.07, 6.45) is 1.04. The summed E-state index contributed by atoms with van der Waals surface area (Å²) >= 11 is 0. The van der Waals surface area contributed by atoms with E-state index in [4.69, 9.17) is 5.73 Å². The molecule has 0 aliphatic heterocycles. The average Bonchev–Trinajstić information content (AvgIpc) is 2.32. The Morgan fingerprint density at radius 3 is 2.33 bits per heavy atom. The molecule has 0 aliphatic carbocycles. The van der Waals surface area contributed by atoms with Gasteiger partial charge in [0.25, 0.3) is 0 Å². The molecular formula is C14H23N3O. The van der Waals surface area contributed by atoms with Gasteiger partial charge in [0.2, 0.25) is 5.91 Å². The van der Waals surface area contributed by atoms with Gasteiger partial charge in [0.05, 0.1) is 6.54 Å². The molecule has 4 nitrogen and oxygen atoms in total. The maximum Gasteiger partial charge on any atom is 0.236 e. The van der Waals surface area contributed by atoms with E-state index in [1.54, 1.807) is 19.0 Å². The minimum Gasteiger partial charge on any atom is -0.399 e. The van der Waals surface area contributed by atoms with Crippen molar-refractivity contribution < 1.29 is 4.79 Å². The first-order chi connectivity index (χ1) is 8.52. The maximum absolute atomic E-state index is 11.7. The maximum atomic E-state index is 11.7. The van der Waals surface area contributed by atoms with E-state index in [9.17, 15) is 4.79 Å². The Labute approximate surface area is 109 Å². The third-order valence-electron chi connectivity index (χ3n) is 2.78. The lowest BCUT2D eigenvalue weighted by molar-refractivity contribution is -0.130. The van der Waals surface area contributed by atoms with Crippen molar-refractivity contribution in [2.45, 2.75) is 19.9 Å². The number of hydrogen-bond donors (Lipinski definition) is 1. The number of likely N-dealkylation sites (N-methyl/N-ethyl adjacent to an activating group) is 1. The van der Waals surface area contributed by atoms with E-state index < -0.39 is 0 Å². The fourth-order valence-electron chi connectivity index (χ4n) is 1.74. The molecule has 1 amide bonds. The zero-order valence-electron chi connectivity index (χ0n) is 11.5. The SMILES string of the molecule is CCCN(CC(=O)N(C)C)Cc1ccc(N)cc1. The minimum absolute atomic E-state index is 0.138. The molecule has 0 atom stereocenters. The van der Waals surface area contributed by atoms with Crippen LogP contribution in [-0.4, -0.2) is 42.9 Å². The number of anilines is 1. The van der Waals surface area contributed by atoms with Crippen LogP contribution in [0.2, 0.25) is 0 Å². The zero-order valence-corrected chi connectivity index (χ0v) is 11.5. The molecule has 0 saturated heterocycles. The molecule has 0 unspecified atom stereocenters. The zero-order chi connectivity index (χ0) is 13.5. The molecule has 0 spiro atoms. The lowest BCUT2D eigenvalue weighted by atomic mass is 10.2. The van der Waals surface area contributed by atoms with Crippen molar-refractivity contribution in [2.75, 3.05) is 32.9 Å². The van der Waals surface area contributed by atoms with Crippen molar-refractivity contribution in [3.8, 4) is 0 Å². The highest BCUT2D eigenvalue weighted by molar-refractivity contribution is 5.77. The van der Waals surface area contributed by atoms with Crippen molar-refractivity contribution in [3.63, 3.8) is 0 Å². The minimum atomic E-state index is 0.138. The Balaban J connectivity index is 2.62. The van der Waals surface area contributed by atoms with Crippen LogP contribution >= 0.6 is 0 Å². The summed E-state index contributed by atoms with van der Waals surface area (Å²) in [4.78, 5) is 15.5. The summed E-state index contributed by atoms with van der Waals surface area (Å²) in [5, 5.41) is 0. The molecule has 1 aromatic carbocycles. The van der Waals surface area contributed by atoms with Gasteiger partial charge < -0.3 is 10.6 Å². The molecule has 18 heavy (non-hydrogen) atoms. The van der Waals surface area contributed by atoms with Crippen molar-refractivity contribution in [2.24, 2.45) is 0 Å². The lowest BCUT2D eigenvalue weighted by Gasteiger charge is -2.23. The number of nitrogens with two attached hydrogens (primary N) is 1. The molecule has 0 heterocycles. The molecule has 0 bridgehead atoms. The van der Waals surface area contributed by atoms with Gasteiger partial charge in [0.1, 0.15) is 0 Å². The van der Waals surface area contributed by atoms with Crippen LogP contribution < -0.4 is 5.73 Å². The third kappa shape index (κ3) is 4.75. The van der Waals surface area contributed by atoms with Crippen LogP contribution in [0.1, 0.15) is 18.9 Å². The summed E-state index contributed by atoms with van der Waals surface area (Å²) in [6, 6.07) is 7.82. The fraction of sp³-hybridized carbons (Fsp3) is 0.500. The van der Waals surface area contributed by atoms with Gasteiger partial charge in [-0.25, -0.2) is 0 Å². The fourth-order valence-corrected chi connectivity index (χ4v) is 1.74. The number of hydrogen-bond acceptors (Lipinski definition) is 3. The molecule has 0 saturated carbocycles. The van der Waals surface area contributed by atoms with E-state index in [0.717, 1.165) is 25.2 Å². The van der Waals surface area contributed by atoms with E-state index >= 15 is 0 Å². The van der Waals surface area contributed by atoms with Gasteiger partial charge in [-0.15, -0.1) is 0 Å². The van der Waals surface area contributed by atoms with Crippen molar-refractivity contribution in [3.05, 3.63) is 29.8 Å². The quantitative estimate of drug-likeness (QED) is 0.779. The average molecular weight is 249 g/mol. The number of carbonyl (C=O) groups excluding carboxylic acids is 1. The van der Waals surface area contributed by atoms with Crippen LogP contribution in [0, 0.1) is 0 Å².